The Hall–Kier alpha value is -1.41. The highest BCUT2D eigenvalue weighted by atomic mass is 79.9. The lowest BCUT2D eigenvalue weighted by Crippen LogP contribution is -2.09. The second-order valence-electron chi connectivity index (χ2n) is 4.56. The zero-order valence-electron chi connectivity index (χ0n) is 11.5. The Bertz CT molecular complexity index is 844. The third-order valence-corrected chi connectivity index (χ3v) is 5.16. The van der Waals surface area contributed by atoms with Gasteiger partial charge in [-0.15, -0.1) is 11.3 Å². The van der Waals surface area contributed by atoms with Gasteiger partial charge in [0.15, 0.2) is 3.92 Å². The average molecular weight is 432 g/mol. The number of hydrogen-bond acceptors (Lipinski definition) is 4. The molecule has 9 heteroatoms. The first-order valence-corrected chi connectivity index (χ1v) is 8.77. The minimum absolute atomic E-state index is 0.233. The van der Waals surface area contributed by atoms with Crippen molar-refractivity contribution in [2.75, 3.05) is 5.32 Å². The fourth-order valence-electron chi connectivity index (χ4n) is 1.91. The second-order valence-corrected chi connectivity index (χ2v) is 7.68. The molecule has 1 amide bonds. The number of rotatable bonds is 4. The average Bonchev–Trinajstić information content (AvgIpc) is 3.12. The van der Waals surface area contributed by atoms with E-state index in [0.717, 1.165) is 5.56 Å². The third-order valence-electron chi connectivity index (χ3n) is 2.97. The van der Waals surface area contributed by atoms with Gasteiger partial charge < -0.3 is 5.32 Å². The third kappa shape index (κ3) is 3.92. The molecule has 1 aromatic carbocycles. The van der Waals surface area contributed by atoms with Gasteiger partial charge in [0.05, 0.1) is 24.6 Å². The summed E-state index contributed by atoms with van der Waals surface area (Å²) in [5.74, 6) is -0.233. The van der Waals surface area contributed by atoms with Gasteiger partial charge in [-0.1, -0.05) is 29.3 Å². The molecular formula is C14H9BrCl2N4OS. The summed E-state index contributed by atoms with van der Waals surface area (Å²) in [4.78, 5) is 16.6. The normalized spacial score (nSPS) is 10.7. The van der Waals surface area contributed by atoms with Crippen LogP contribution in [0.25, 0.3) is 0 Å². The van der Waals surface area contributed by atoms with Crippen molar-refractivity contribution >= 4 is 62.1 Å². The van der Waals surface area contributed by atoms with Gasteiger partial charge in [0.2, 0.25) is 0 Å². The SMILES string of the molecule is O=C(Nc1cnn(Cc2c(Cl)cccc2Cl)c1)c1cnc(Br)s1. The molecule has 0 fully saturated rings. The van der Waals surface area contributed by atoms with Gasteiger partial charge >= 0.3 is 0 Å². The maximum atomic E-state index is 12.1. The number of hydrogen-bond donors (Lipinski definition) is 1. The minimum Gasteiger partial charge on any atom is -0.319 e. The molecule has 0 aliphatic rings. The lowest BCUT2D eigenvalue weighted by atomic mass is 10.2. The summed E-state index contributed by atoms with van der Waals surface area (Å²) in [7, 11) is 0. The molecule has 5 nitrogen and oxygen atoms in total. The Morgan fingerprint density at radius 3 is 2.70 bits per heavy atom. The van der Waals surface area contributed by atoms with E-state index in [4.69, 9.17) is 23.2 Å². The van der Waals surface area contributed by atoms with Crippen molar-refractivity contribution < 1.29 is 4.79 Å². The standard InChI is InChI=1S/C14H9BrCl2N4OS/c15-14-18-5-12(23-14)13(22)20-8-4-19-21(6-8)7-9-10(16)2-1-3-11(9)17/h1-6H,7H2,(H,20,22). The molecule has 2 aromatic heterocycles. The van der Waals surface area contributed by atoms with Crippen molar-refractivity contribution in [2.24, 2.45) is 0 Å². The summed E-state index contributed by atoms with van der Waals surface area (Å²) < 4.78 is 2.32. The van der Waals surface area contributed by atoms with Crippen LogP contribution >= 0.6 is 50.5 Å². The van der Waals surface area contributed by atoms with Gasteiger partial charge in [-0.05, 0) is 28.1 Å². The Kier molecular flexibility index (Phi) is 5.01. The monoisotopic (exact) mass is 430 g/mol. The van der Waals surface area contributed by atoms with Crippen molar-refractivity contribution in [3.8, 4) is 0 Å². The highest BCUT2D eigenvalue weighted by molar-refractivity contribution is 9.11. The number of nitrogens with zero attached hydrogens (tertiary/aromatic N) is 3. The molecule has 2 heterocycles. The van der Waals surface area contributed by atoms with E-state index in [1.165, 1.54) is 17.5 Å². The van der Waals surface area contributed by atoms with Gasteiger partial charge in [0, 0.05) is 21.8 Å². The molecular weight excluding hydrogens is 423 g/mol. The Labute approximate surface area is 154 Å². The maximum Gasteiger partial charge on any atom is 0.267 e. The van der Waals surface area contributed by atoms with E-state index < -0.39 is 0 Å². The predicted octanol–water partition coefficient (Wildman–Crippen LogP) is 4.71. The molecule has 0 spiro atoms. The molecule has 118 valence electrons. The topological polar surface area (TPSA) is 59.8 Å². The molecule has 0 aliphatic heterocycles. The van der Waals surface area contributed by atoms with Crippen LogP contribution in [0.4, 0.5) is 5.69 Å². The second kappa shape index (κ2) is 7.00. The fraction of sp³-hybridized carbons (Fsp3) is 0.0714. The summed E-state index contributed by atoms with van der Waals surface area (Å²) in [6.07, 6.45) is 4.80. The van der Waals surface area contributed by atoms with Crippen LogP contribution in [0.15, 0.2) is 40.7 Å². The van der Waals surface area contributed by atoms with Crippen LogP contribution in [0.3, 0.4) is 0 Å². The lowest BCUT2D eigenvalue weighted by Gasteiger charge is -2.06. The first-order chi connectivity index (χ1) is 11.0. The Morgan fingerprint density at radius 1 is 1.30 bits per heavy atom. The van der Waals surface area contributed by atoms with Crippen molar-refractivity contribution in [1.29, 1.82) is 0 Å². The molecule has 3 aromatic rings. The number of amides is 1. The lowest BCUT2D eigenvalue weighted by molar-refractivity contribution is 0.103. The van der Waals surface area contributed by atoms with Crippen LogP contribution in [0.1, 0.15) is 15.2 Å². The number of halogens is 3. The molecule has 0 radical (unpaired) electrons. The Morgan fingerprint density at radius 2 is 2.04 bits per heavy atom. The quantitative estimate of drug-likeness (QED) is 0.650. The molecule has 0 atom stereocenters. The highest BCUT2D eigenvalue weighted by Crippen LogP contribution is 2.25. The summed E-state index contributed by atoms with van der Waals surface area (Å²) in [5.41, 5.74) is 1.37. The number of nitrogens with one attached hydrogen (secondary N) is 1. The van der Waals surface area contributed by atoms with Crippen LogP contribution in [-0.2, 0) is 6.54 Å². The number of aromatic nitrogens is 3. The Balaban J connectivity index is 1.72. The van der Waals surface area contributed by atoms with Crippen LogP contribution in [0.2, 0.25) is 10.0 Å². The van der Waals surface area contributed by atoms with Crippen molar-refractivity contribution in [1.82, 2.24) is 14.8 Å². The summed E-state index contributed by atoms with van der Waals surface area (Å²) in [6.45, 7) is 0.417. The maximum absolute atomic E-state index is 12.1. The number of benzene rings is 1. The van der Waals surface area contributed by atoms with E-state index in [1.807, 2.05) is 0 Å². The van der Waals surface area contributed by atoms with E-state index in [1.54, 1.807) is 35.3 Å². The molecule has 0 aliphatic carbocycles. The zero-order chi connectivity index (χ0) is 16.4. The van der Waals surface area contributed by atoms with Crippen LogP contribution < -0.4 is 5.32 Å². The van der Waals surface area contributed by atoms with Crippen LogP contribution in [0.5, 0.6) is 0 Å². The van der Waals surface area contributed by atoms with Gasteiger partial charge in [0.25, 0.3) is 5.91 Å². The summed E-state index contributed by atoms with van der Waals surface area (Å²) >= 11 is 16.8. The fourth-order valence-corrected chi connectivity index (χ4v) is 3.59. The number of anilines is 1. The number of carbonyl (C=O) groups is 1. The van der Waals surface area contributed by atoms with Gasteiger partial charge in [-0.25, -0.2) is 4.98 Å². The van der Waals surface area contributed by atoms with Crippen molar-refractivity contribution in [3.05, 3.63) is 61.2 Å². The van der Waals surface area contributed by atoms with Gasteiger partial charge in [-0.3, -0.25) is 9.48 Å². The molecule has 0 saturated heterocycles. The van der Waals surface area contributed by atoms with Gasteiger partial charge in [0.1, 0.15) is 4.88 Å². The molecule has 0 unspecified atom stereocenters. The van der Waals surface area contributed by atoms with E-state index in [0.29, 0.717) is 31.1 Å². The number of carbonyl (C=O) groups excluding carboxylic acids is 1. The summed E-state index contributed by atoms with van der Waals surface area (Å²) in [5, 5.41) is 8.13. The first-order valence-electron chi connectivity index (χ1n) is 6.41. The molecule has 3 rings (SSSR count). The van der Waals surface area contributed by atoms with Crippen molar-refractivity contribution in [3.63, 3.8) is 0 Å². The van der Waals surface area contributed by atoms with E-state index >= 15 is 0 Å². The summed E-state index contributed by atoms with van der Waals surface area (Å²) in [6, 6.07) is 5.34. The largest absolute Gasteiger partial charge is 0.319 e. The highest BCUT2D eigenvalue weighted by Gasteiger charge is 2.12. The van der Waals surface area contributed by atoms with Crippen molar-refractivity contribution in [2.45, 2.75) is 6.54 Å². The van der Waals surface area contributed by atoms with Crippen LogP contribution in [-0.4, -0.2) is 20.7 Å². The zero-order valence-corrected chi connectivity index (χ0v) is 15.4. The molecule has 1 N–H and O–H groups in total. The van der Waals surface area contributed by atoms with Gasteiger partial charge in [-0.2, -0.15) is 5.10 Å². The molecule has 0 bridgehead atoms. The van der Waals surface area contributed by atoms with E-state index in [-0.39, 0.29) is 5.91 Å². The first kappa shape index (κ1) is 16.4. The van der Waals surface area contributed by atoms with E-state index in [9.17, 15) is 4.79 Å². The molecule has 0 saturated carbocycles. The smallest absolute Gasteiger partial charge is 0.267 e. The van der Waals surface area contributed by atoms with E-state index in [2.05, 4.69) is 31.3 Å². The number of thiazole rings is 1. The van der Waals surface area contributed by atoms with Crippen LogP contribution in [0, 0.1) is 0 Å². The minimum atomic E-state index is -0.233. The molecule has 23 heavy (non-hydrogen) atoms. The predicted molar refractivity (Wildman–Crippen MR) is 95.6 cm³/mol.